The largest absolute Gasteiger partial charge is 0.349 e. The Morgan fingerprint density at radius 2 is 2.00 bits per heavy atom. The third-order valence-electron chi connectivity index (χ3n) is 2.91. The van der Waals surface area contributed by atoms with Crippen LogP contribution in [0.5, 0.6) is 0 Å². The van der Waals surface area contributed by atoms with Crippen molar-refractivity contribution >= 4 is 17.5 Å². The molecule has 2 aromatic rings. The number of hydrogen-bond donors (Lipinski definition) is 2. The van der Waals surface area contributed by atoms with Crippen LogP contribution in [0.25, 0.3) is 0 Å². The van der Waals surface area contributed by atoms with E-state index in [9.17, 15) is 13.6 Å². The molecule has 8 heteroatoms. The quantitative estimate of drug-likeness (QED) is 0.849. The first-order valence-electron chi connectivity index (χ1n) is 6.94. The van der Waals surface area contributed by atoms with Crippen LogP contribution in [0.15, 0.2) is 30.5 Å². The van der Waals surface area contributed by atoms with Gasteiger partial charge in [0.15, 0.2) is 11.6 Å². The van der Waals surface area contributed by atoms with Crippen LogP contribution >= 0.6 is 0 Å². The summed E-state index contributed by atoms with van der Waals surface area (Å²) in [6.45, 7) is 1.19. The van der Waals surface area contributed by atoms with Gasteiger partial charge in [-0.25, -0.2) is 18.7 Å². The van der Waals surface area contributed by atoms with E-state index in [0.29, 0.717) is 13.1 Å². The second-order valence-corrected chi connectivity index (χ2v) is 5.08. The van der Waals surface area contributed by atoms with Crippen molar-refractivity contribution in [2.24, 2.45) is 0 Å². The first-order valence-corrected chi connectivity index (χ1v) is 6.94. The molecule has 1 amide bonds. The van der Waals surface area contributed by atoms with E-state index >= 15 is 0 Å². The number of amides is 1. The van der Waals surface area contributed by atoms with Crippen molar-refractivity contribution in [2.75, 3.05) is 32.5 Å². The fraction of sp³-hybridized carbons (Fsp3) is 0.267. The van der Waals surface area contributed by atoms with Gasteiger partial charge in [0.25, 0.3) is 5.91 Å². The average Bonchev–Trinajstić information content (AvgIpc) is 2.51. The SMILES string of the molecule is CN(C)CCNC(=O)c1ccnc(Nc2ccc(F)c(F)c2)n1. The van der Waals surface area contributed by atoms with Gasteiger partial charge in [0.05, 0.1) is 0 Å². The number of halogens is 2. The molecule has 1 heterocycles. The fourth-order valence-electron chi connectivity index (χ4n) is 1.73. The molecule has 0 aliphatic carbocycles. The Labute approximate surface area is 132 Å². The van der Waals surface area contributed by atoms with Crippen molar-refractivity contribution in [3.8, 4) is 0 Å². The molecule has 23 heavy (non-hydrogen) atoms. The van der Waals surface area contributed by atoms with E-state index in [0.717, 1.165) is 12.1 Å². The summed E-state index contributed by atoms with van der Waals surface area (Å²) in [6, 6.07) is 4.81. The number of hydrogen-bond acceptors (Lipinski definition) is 5. The number of anilines is 2. The Kier molecular flexibility index (Phi) is 5.53. The Balaban J connectivity index is 2.04. The molecule has 0 aliphatic rings. The lowest BCUT2D eigenvalue weighted by Crippen LogP contribution is -2.31. The Morgan fingerprint density at radius 3 is 2.70 bits per heavy atom. The number of nitrogens with one attached hydrogen (secondary N) is 2. The number of benzene rings is 1. The maximum atomic E-state index is 13.2. The summed E-state index contributed by atoms with van der Waals surface area (Å²) in [6.07, 6.45) is 1.41. The lowest BCUT2D eigenvalue weighted by atomic mass is 10.3. The molecule has 0 bridgehead atoms. The van der Waals surface area contributed by atoms with Gasteiger partial charge in [-0.1, -0.05) is 0 Å². The summed E-state index contributed by atoms with van der Waals surface area (Å²) in [5.74, 6) is -2.13. The molecule has 0 fully saturated rings. The van der Waals surface area contributed by atoms with Gasteiger partial charge in [-0.15, -0.1) is 0 Å². The van der Waals surface area contributed by atoms with Crippen molar-refractivity contribution in [2.45, 2.75) is 0 Å². The first-order chi connectivity index (χ1) is 11.0. The topological polar surface area (TPSA) is 70.2 Å². The molecule has 1 aromatic heterocycles. The Hall–Kier alpha value is -2.61. The molecule has 122 valence electrons. The fourth-order valence-corrected chi connectivity index (χ4v) is 1.73. The molecule has 2 N–H and O–H groups in total. The molecular formula is C15H17F2N5O. The van der Waals surface area contributed by atoms with Crippen molar-refractivity contribution in [3.05, 3.63) is 47.8 Å². The molecule has 0 saturated heterocycles. The highest BCUT2D eigenvalue weighted by molar-refractivity contribution is 5.92. The summed E-state index contributed by atoms with van der Waals surface area (Å²) in [7, 11) is 3.81. The highest BCUT2D eigenvalue weighted by Gasteiger charge is 2.09. The highest BCUT2D eigenvalue weighted by atomic mass is 19.2. The second kappa shape index (κ2) is 7.59. The number of nitrogens with zero attached hydrogens (tertiary/aromatic N) is 3. The van der Waals surface area contributed by atoms with Crippen LogP contribution in [0.2, 0.25) is 0 Å². The third-order valence-corrected chi connectivity index (χ3v) is 2.91. The second-order valence-electron chi connectivity index (χ2n) is 5.08. The van der Waals surface area contributed by atoms with Crippen molar-refractivity contribution in [3.63, 3.8) is 0 Å². The summed E-state index contributed by atoms with van der Waals surface area (Å²) in [5, 5.41) is 5.45. The van der Waals surface area contributed by atoms with E-state index < -0.39 is 11.6 Å². The van der Waals surface area contributed by atoms with E-state index in [1.165, 1.54) is 18.3 Å². The smallest absolute Gasteiger partial charge is 0.270 e. The minimum atomic E-state index is -0.979. The molecule has 0 spiro atoms. The van der Waals surface area contributed by atoms with Crippen LogP contribution < -0.4 is 10.6 Å². The molecule has 2 rings (SSSR count). The zero-order valence-electron chi connectivity index (χ0n) is 12.8. The van der Waals surface area contributed by atoms with Gasteiger partial charge < -0.3 is 15.5 Å². The standard InChI is InChI=1S/C15H17F2N5O/c1-22(2)8-7-18-14(23)13-5-6-19-15(21-13)20-10-3-4-11(16)12(17)9-10/h3-6,9H,7-8H2,1-2H3,(H,18,23)(H,19,20,21). The molecule has 0 aliphatic heterocycles. The van der Waals surface area contributed by atoms with Gasteiger partial charge in [-0.3, -0.25) is 4.79 Å². The highest BCUT2D eigenvalue weighted by Crippen LogP contribution is 2.16. The van der Waals surface area contributed by atoms with Crippen LogP contribution in [0.3, 0.4) is 0 Å². The van der Waals surface area contributed by atoms with Crippen molar-refractivity contribution < 1.29 is 13.6 Å². The Bertz CT molecular complexity index is 693. The van der Waals surface area contributed by atoms with E-state index in [-0.39, 0.29) is 23.2 Å². The molecule has 0 radical (unpaired) electrons. The summed E-state index contributed by atoms with van der Waals surface area (Å²) >= 11 is 0. The molecule has 1 aromatic carbocycles. The molecule has 0 saturated carbocycles. The van der Waals surface area contributed by atoms with Gasteiger partial charge in [0.1, 0.15) is 5.69 Å². The van der Waals surface area contributed by atoms with Crippen LogP contribution in [0.4, 0.5) is 20.4 Å². The van der Waals surface area contributed by atoms with Gasteiger partial charge in [-0.05, 0) is 32.3 Å². The molecular weight excluding hydrogens is 304 g/mol. The lowest BCUT2D eigenvalue weighted by molar-refractivity contribution is 0.0946. The first kappa shape index (κ1) is 16.8. The van der Waals surface area contributed by atoms with E-state index in [1.54, 1.807) is 0 Å². The van der Waals surface area contributed by atoms with Crippen LogP contribution in [0, 0.1) is 11.6 Å². The van der Waals surface area contributed by atoms with Gasteiger partial charge in [0, 0.05) is 31.0 Å². The molecule has 0 unspecified atom stereocenters. The van der Waals surface area contributed by atoms with Crippen molar-refractivity contribution in [1.29, 1.82) is 0 Å². The summed E-state index contributed by atoms with van der Waals surface area (Å²) in [4.78, 5) is 21.9. The molecule has 6 nitrogen and oxygen atoms in total. The third kappa shape index (κ3) is 4.96. The van der Waals surface area contributed by atoms with E-state index in [1.807, 2.05) is 19.0 Å². The number of carbonyl (C=O) groups excluding carboxylic acids is 1. The van der Waals surface area contributed by atoms with Crippen LogP contribution in [0.1, 0.15) is 10.5 Å². The maximum absolute atomic E-state index is 13.2. The van der Waals surface area contributed by atoms with E-state index in [4.69, 9.17) is 0 Å². The maximum Gasteiger partial charge on any atom is 0.270 e. The monoisotopic (exact) mass is 321 g/mol. The van der Waals surface area contributed by atoms with Gasteiger partial charge in [-0.2, -0.15) is 0 Å². The normalized spacial score (nSPS) is 10.7. The number of carbonyl (C=O) groups is 1. The minimum Gasteiger partial charge on any atom is -0.349 e. The molecule has 0 atom stereocenters. The van der Waals surface area contributed by atoms with E-state index in [2.05, 4.69) is 20.6 Å². The minimum absolute atomic E-state index is 0.122. The number of aromatic nitrogens is 2. The summed E-state index contributed by atoms with van der Waals surface area (Å²) < 4.78 is 26.1. The number of likely N-dealkylation sites (N-methyl/N-ethyl adjacent to an activating group) is 1. The lowest BCUT2D eigenvalue weighted by Gasteiger charge is -2.10. The van der Waals surface area contributed by atoms with Gasteiger partial charge in [0.2, 0.25) is 5.95 Å². The zero-order valence-corrected chi connectivity index (χ0v) is 12.8. The summed E-state index contributed by atoms with van der Waals surface area (Å²) in [5.41, 5.74) is 0.470. The van der Waals surface area contributed by atoms with Crippen LogP contribution in [-0.4, -0.2) is 48.0 Å². The predicted octanol–water partition coefficient (Wildman–Crippen LogP) is 1.79. The van der Waals surface area contributed by atoms with Crippen LogP contribution in [-0.2, 0) is 0 Å². The Morgan fingerprint density at radius 1 is 1.22 bits per heavy atom. The van der Waals surface area contributed by atoms with Gasteiger partial charge >= 0.3 is 0 Å². The van der Waals surface area contributed by atoms with Crippen molar-refractivity contribution in [1.82, 2.24) is 20.2 Å². The average molecular weight is 321 g/mol. The zero-order chi connectivity index (χ0) is 16.8. The number of rotatable bonds is 6. The predicted molar refractivity (Wildman–Crippen MR) is 82.6 cm³/mol.